The fraction of sp³-hybridized carbons (Fsp3) is 0.133. The zero-order valence-electron chi connectivity index (χ0n) is 11.4. The van der Waals surface area contributed by atoms with Crippen molar-refractivity contribution >= 4 is 23.2 Å². The molecule has 5 nitrogen and oxygen atoms in total. The number of hydrogen-bond acceptors (Lipinski definition) is 4. The van der Waals surface area contributed by atoms with Crippen molar-refractivity contribution in [2.45, 2.75) is 6.54 Å². The molecule has 0 fully saturated rings. The maximum atomic E-state index is 11.2. The number of methoxy groups -OCH3 is 1. The minimum absolute atomic E-state index is 0.136. The fourth-order valence-electron chi connectivity index (χ4n) is 1.89. The summed E-state index contributed by atoms with van der Waals surface area (Å²) in [5.41, 5.74) is 6.87. The van der Waals surface area contributed by atoms with Gasteiger partial charge < -0.3 is 20.9 Å². The Labute approximate surface area is 127 Å². The lowest BCUT2D eigenvalue weighted by atomic mass is 10.1. The normalized spacial score (nSPS) is 10.2. The number of carbonyl (C=O) groups is 1. The van der Waals surface area contributed by atoms with E-state index in [2.05, 4.69) is 5.32 Å². The van der Waals surface area contributed by atoms with Gasteiger partial charge in [0, 0.05) is 22.7 Å². The highest BCUT2D eigenvalue weighted by atomic mass is 35.5. The summed E-state index contributed by atoms with van der Waals surface area (Å²) in [5, 5.41) is 13.4. The molecule has 2 rings (SSSR count). The third kappa shape index (κ3) is 3.58. The van der Waals surface area contributed by atoms with Crippen LogP contribution in [-0.4, -0.2) is 18.1 Å². The van der Waals surface area contributed by atoms with Gasteiger partial charge in [0.25, 0.3) is 0 Å². The minimum Gasteiger partial charge on any atom is -0.508 e. The molecule has 0 heterocycles. The number of aromatic hydroxyl groups is 1. The molecule has 0 aliphatic rings. The standard InChI is InChI=1S/C15H15ClN2O3/c1-21-14-5-2-9(15(17)20)7-12(14)18-8-10-6-11(16)3-4-13(10)19/h2-7,18-19H,8H2,1H3,(H2,17,20). The topological polar surface area (TPSA) is 84.6 Å². The van der Waals surface area contributed by atoms with E-state index in [0.29, 0.717) is 34.1 Å². The summed E-state index contributed by atoms with van der Waals surface area (Å²) in [6.07, 6.45) is 0. The first kappa shape index (κ1) is 15.0. The summed E-state index contributed by atoms with van der Waals surface area (Å²) < 4.78 is 5.22. The van der Waals surface area contributed by atoms with E-state index in [1.54, 1.807) is 30.3 Å². The maximum absolute atomic E-state index is 11.2. The fourth-order valence-corrected chi connectivity index (χ4v) is 2.08. The van der Waals surface area contributed by atoms with Crippen molar-refractivity contribution in [1.29, 1.82) is 0 Å². The van der Waals surface area contributed by atoms with Crippen LogP contribution in [0.15, 0.2) is 36.4 Å². The highest BCUT2D eigenvalue weighted by Crippen LogP contribution is 2.28. The summed E-state index contributed by atoms with van der Waals surface area (Å²) >= 11 is 5.90. The first-order valence-corrected chi connectivity index (χ1v) is 6.58. The second-order valence-corrected chi connectivity index (χ2v) is 4.84. The smallest absolute Gasteiger partial charge is 0.248 e. The van der Waals surface area contributed by atoms with Crippen LogP contribution in [0.3, 0.4) is 0 Å². The predicted molar refractivity (Wildman–Crippen MR) is 82.0 cm³/mol. The second-order valence-electron chi connectivity index (χ2n) is 4.41. The zero-order chi connectivity index (χ0) is 15.4. The van der Waals surface area contributed by atoms with Gasteiger partial charge in [0.05, 0.1) is 12.8 Å². The summed E-state index contributed by atoms with van der Waals surface area (Å²) in [6, 6.07) is 9.63. The van der Waals surface area contributed by atoms with Gasteiger partial charge in [0.15, 0.2) is 0 Å². The van der Waals surface area contributed by atoms with E-state index >= 15 is 0 Å². The van der Waals surface area contributed by atoms with Crippen LogP contribution in [0.2, 0.25) is 5.02 Å². The van der Waals surface area contributed by atoms with Crippen LogP contribution < -0.4 is 15.8 Å². The van der Waals surface area contributed by atoms with Crippen molar-refractivity contribution in [2.24, 2.45) is 5.73 Å². The number of amides is 1. The number of nitrogens with one attached hydrogen (secondary N) is 1. The second kappa shape index (κ2) is 6.37. The van der Waals surface area contributed by atoms with Crippen LogP contribution in [0.5, 0.6) is 11.5 Å². The van der Waals surface area contributed by atoms with Gasteiger partial charge in [0.1, 0.15) is 11.5 Å². The van der Waals surface area contributed by atoms with Crippen molar-refractivity contribution < 1.29 is 14.6 Å². The van der Waals surface area contributed by atoms with Crippen LogP contribution in [-0.2, 0) is 6.54 Å². The van der Waals surface area contributed by atoms with Crippen molar-refractivity contribution in [3.8, 4) is 11.5 Å². The molecule has 0 bridgehead atoms. The van der Waals surface area contributed by atoms with Crippen LogP contribution in [0.25, 0.3) is 0 Å². The van der Waals surface area contributed by atoms with Gasteiger partial charge in [-0.1, -0.05) is 11.6 Å². The van der Waals surface area contributed by atoms with E-state index in [9.17, 15) is 9.90 Å². The van der Waals surface area contributed by atoms with E-state index < -0.39 is 5.91 Å². The Hall–Kier alpha value is -2.40. The average Bonchev–Trinajstić information content (AvgIpc) is 2.47. The molecule has 0 aromatic heterocycles. The van der Waals surface area contributed by atoms with Crippen molar-refractivity contribution in [1.82, 2.24) is 0 Å². The molecule has 0 radical (unpaired) electrons. The molecule has 6 heteroatoms. The molecule has 21 heavy (non-hydrogen) atoms. The third-order valence-electron chi connectivity index (χ3n) is 2.99. The number of hydrogen-bond donors (Lipinski definition) is 3. The molecule has 0 aliphatic heterocycles. The summed E-state index contributed by atoms with van der Waals surface area (Å²) in [4.78, 5) is 11.2. The van der Waals surface area contributed by atoms with E-state index in [4.69, 9.17) is 22.1 Å². The molecule has 1 amide bonds. The summed E-state index contributed by atoms with van der Waals surface area (Å²) in [7, 11) is 1.53. The lowest BCUT2D eigenvalue weighted by Gasteiger charge is -2.13. The van der Waals surface area contributed by atoms with E-state index in [1.165, 1.54) is 13.2 Å². The monoisotopic (exact) mass is 306 g/mol. The molecule has 2 aromatic rings. The minimum atomic E-state index is -0.522. The summed E-state index contributed by atoms with van der Waals surface area (Å²) in [5.74, 6) is 0.185. The number of phenolic OH excluding ortho intramolecular Hbond substituents is 1. The lowest BCUT2D eigenvalue weighted by molar-refractivity contribution is 0.100. The van der Waals surface area contributed by atoms with Gasteiger partial charge in [-0.3, -0.25) is 4.79 Å². The molecule has 110 valence electrons. The molecule has 0 saturated heterocycles. The molecule has 0 saturated carbocycles. The molecule has 0 atom stereocenters. The van der Waals surface area contributed by atoms with Crippen LogP contribution >= 0.6 is 11.6 Å². The number of halogens is 1. The number of anilines is 1. The number of ether oxygens (including phenoxy) is 1. The largest absolute Gasteiger partial charge is 0.508 e. The SMILES string of the molecule is COc1ccc(C(N)=O)cc1NCc1cc(Cl)ccc1O. The van der Waals surface area contributed by atoms with Gasteiger partial charge in [-0.25, -0.2) is 0 Å². The first-order chi connectivity index (χ1) is 10.0. The molecule has 0 aliphatic carbocycles. The molecule has 0 spiro atoms. The van der Waals surface area contributed by atoms with Crippen LogP contribution in [0, 0.1) is 0 Å². The number of carbonyl (C=O) groups excluding carboxylic acids is 1. The molecule has 0 unspecified atom stereocenters. The number of nitrogens with two attached hydrogens (primary N) is 1. The maximum Gasteiger partial charge on any atom is 0.248 e. The highest BCUT2D eigenvalue weighted by molar-refractivity contribution is 6.30. The summed E-state index contributed by atoms with van der Waals surface area (Å²) in [6.45, 7) is 0.324. The quantitative estimate of drug-likeness (QED) is 0.793. The Bertz CT molecular complexity index is 674. The van der Waals surface area contributed by atoms with E-state index in [1.807, 2.05) is 0 Å². The van der Waals surface area contributed by atoms with E-state index in [-0.39, 0.29) is 5.75 Å². The Kier molecular flexibility index (Phi) is 4.55. The average molecular weight is 307 g/mol. The zero-order valence-corrected chi connectivity index (χ0v) is 12.1. The van der Waals surface area contributed by atoms with E-state index in [0.717, 1.165) is 0 Å². The predicted octanol–water partition coefficient (Wildman–Crippen LogP) is 2.77. The number of phenols is 1. The highest BCUT2D eigenvalue weighted by Gasteiger charge is 2.09. The van der Waals surface area contributed by atoms with Gasteiger partial charge >= 0.3 is 0 Å². The lowest BCUT2D eigenvalue weighted by Crippen LogP contribution is -2.11. The van der Waals surface area contributed by atoms with Gasteiger partial charge in [-0.2, -0.15) is 0 Å². The van der Waals surface area contributed by atoms with Crippen molar-refractivity contribution in [3.63, 3.8) is 0 Å². The molecule has 4 N–H and O–H groups in total. The number of primary amides is 1. The Morgan fingerprint density at radius 1 is 1.33 bits per heavy atom. The van der Waals surface area contributed by atoms with Crippen molar-refractivity contribution in [3.05, 3.63) is 52.5 Å². The van der Waals surface area contributed by atoms with Gasteiger partial charge in [0.2, 0.25) is 5.91 Å². The Morgan fingerprint density at radius 3 is 2.76 bits per heavy atom. The molecule has 2 aromatic carbocycles. The van der Waals surface area contributed by atoms with Crippen LogP contribution in [0.4, 0.5) is 5.69 Å². The number of benzene rings is 2. The number of rotatable bonds is 5. The Balaban J connectivity index is 2.24. The van der Waals surface area contributed by atoms with Crippen molar-refractivity contribution in [2.75, 3.05) is 12.4 Å². The first-order valence-electron chi connectivity index (χ1n) is 6.20. The van der Waals surface area contributed by atoms with Crippen LogP contribution in [0.1, 0.15) is 15.9 Å². The van der Waals surface area contributed by atoms with Gasteiger partial charge in [-0.15, -0.1) is 0 Å². The van der Waals surface area contributed by atoms with Gasteiger partial charge in [-0.05, 0) is 36.4 Å². The Morgan fingerprint density at radius 2 is 2.10 bits per heavy atom. The molecular weight excluding hydrogens is 292 g/mol. The molecular formula is C15H15ClN2O3. The third-order valence-corrected chi connectivity index (χ3v) is 3.23.